The predicted octanol–water partition coefficient (Wildman–Crippen LogP) is 6.44. The number of furan rings is 1. The van der Waals surface area contributed by atoms with Gasteiger partial charge in [0.25, 0.3) is 5.91 Å². The molecule has 7 heteroatoms. The molecule has 1 aromatic carbocycles. The molecule has 0 unspecified atom stereocenters. The minimum atomic E-state index is -0.315. The molecule has 1 aromatic heterocycles. The van der Waals surface area contributed by atoms with Gasteiger partial charge in [-0.1, -0.05) is 68.7 Å². The van der Waals surface area contributed by atoms with Gasteiger partial charge in [-0.05, 0) is 43.5 Å². The van der Waals surface area contributed by atoms with E-state index in [0.717, 1.165) is 44.1 Å². The van der Waals surface area contributed by atoms with Crippen LogP contribution < -0.4 is 0 Å². The second-order valence-corrected chi connectivity index (χ2v) is 9.79. The molecule has 2 heterocycles. The van der Waals surface area contributed by atoms with Crippen molar-refractivity contribution in [2.75, 3.05) is 6.61 Å². The summed E-state index contributed by atoms with van der Waals surface area (Å²) in [5, 5.41) is 0. The maximum atomic E-state index is 13.0. The number of ether oxygens (including phenoxy) is 1. The summed E-state index contributed by atoms with van der Waals surface area (Å²) in [5.41, 5.74) is 1.37. The third-order valence-electron chi connectivity index (χ3n) is 5.80. The fourth-order valence-corrected chi connectivity index (χ4v) is 5.39. The third-order valence-corrected chi connectivity index (χ3v) is 7.13. The van der Waals surface area contributed by atoms with Gasteiger partial charge >= 0.3 is 5.97 Å². The van der Waals surface area contributed by atoms with Gasteiger partial charge in [0, 0.05) is 17.7 Å². The van der Waals surface area contributed by atoms with E-state index in [4.69, 9.17) is 21.4 Å². The zero-order chi connectivity index (χ0) is 22.5. The molecule has 168 valence electrons. The molecule has 0 bridgehead atoms. The van der Waals surface area contributed by atoms with Crippen LogP contribution in [0.25, 0.3) is 17.4 Å². The molecular weight excluding hydrogens is 442 g/mol. The normalized spacial score (nSPS) is 18.5. The summed E-state index contributed by atoms with van der Waals surface area (Å²) in [6.07, 6.45) is 9.19. The molecule has 2 aliphatic rings. The van der Waals surface area contributed by atoms with Crippen LogP contribution in [-0.2, 0) is 9.53 Å². The van der Waals surface area contributed by atoms with Crippen molar-refractivity contribution < 1.29 is 18.7 Å². The number of hydrogen-bond acceptors (Lipinski definition) is 6. The molecule has 0 spiro atoms. The zero-order valence-electron chi connectivity index (χ0n) is 18.2. The number of rotatable bonds is 7. The molecule has 5 nitrogen and oxygen atoms in total. The number of amides is 1. The first-order chi connectivity index (χ1) is 15.6. The van der Waals surface area contributed by atoms with Gasteiger partial charge in [0.2, 0.25) is 0 Å². The highest BCUT2D eigenvalue weighted by molar-refractivity contribution is 8.26. The number of carbonyl (C=O) groups is 2. The standard InChI is InChI=1S/C25H27NO4S2/c1-2-3-15-29-24(28)18-11-9-17(10-12-18)21-14-13-20(30-21)16-22-23(27)26(25(31)32-22)19-7-5-4-6-8-19/h9-14,16,19H,2-8,15H2,1H3/b22-16-. The topological polar surface area (TPSA) is 59.8 Å². The van der Waals surface area contributed by atoms with Crippen LogP contribution in [0.15, 0.2) is 45.7 Å². The summed E-state index contributed by atoms with van der Waals surface area (Å²) < 4.78 is 11.8. The van der Waals surface area contributed by atoms with Crippen LogP contribution in [0.2, 0.25) is 0 Å². The van der Waals surface area contributed by atoms with Crippen LogP contribution in [0.5, 0.6) is 0 Å². The molecule has 32 heavy (non-hydrogen) atoms. The minimum Gasteiger partial charge on any atom is -0.462 e. The van der Waals surface area contributed by atoms with E-state index in [1.807, 2.05) is 24.3 Å². The number of thioether (sulfide) groups is 1. The van der Waals surface area contributed by atoms with Gasteiger partial charge in [-0.2, -0.15) is 0 Å². The van der Waals surface area contributed by atoms with Crippen LogP contribution in [0.1, 0.15) is 68.0 Å². The lowest BCUT2D eigenvalue weighted by atomic mass is 9.94. The number of nitrogens with zero attached hydrogens (tertiary/aromatic N) is 1. The molecule has 1 amide bonds. The van der Waals surface area contributed by atoms with E-state index >= 15 is 0 Å². The van der Waals surface area contributed by atoms with Gasteiger partial charge in [-0.15, -0.1) is 0 Å². The van der Waals surface area contributed by atoms with E-state index in [1.165, 1.54) is 18.2 Å². The van der Waals surface area contributed by atoms with Crippen molar-refractivity contribution in [3.05, 3.63) is 52.6 Å². The van der Waals surface area contributed by atoms with E-state index in [1.54, 1.807) is 23.1 Å². The molecule has 0 atom stereocenters. The maximum Gasteiger partial charge on any atom is 0.338 e. The lowest BCUT2D eigenvalue weighted by molar-refractivity contribution is -0.124. The average molecular weight is 470 g/mol. The SMILES string of the molecule is CCCCOC(=O)c1ccc(-c2ccc(/C=C3\SC(=S)N(C4CCCCC4)C3=O)o2)cc1. The molecule has 2 aromatic rings. The van der Waals surface area contributed by atoms with Gasteiger partial charge in [0.05, 0.1) is 17.1 Å². The van der Waals surface area contributed by atoms with Gasteiger partial charge in [-0.3, -0.25) is 9.69 Å². The number of esters is 1. The largest absolute Gasteiger partial charge is 0.462 e. The fourth-order valence-electron chi connectivity index (χ4n) is 4.01. The summed E-state index contributed by atoms with van der Waals surface area (Å²) in [4.78, 5) is 27.4. The molecular formula is C25H27NO4S2. The molecule has 2 fully saturated rings. The van der Waals surface area contributed by atoms with Crippen LogP contribution in [0, 0.1) is 0 Å². The Morgan fingerprint density at radius 3 is 2.66 bits per heavy atom. The Morgan fingerprint density at radius 2 is 1.94 bits per heavy atom. The van der Waals surface area contributed by atoms with Crippen molar-refractivity contribution in [3.63, 3.8) is 0 Å². The average Bonchev–Trinajstić information content (AvgIpc) is 3.39. The molecule has 1 saturated heterocycles. The number of benzene rings is 1. The van der Waals surface area contributed by atoms with E-state index in [0.29, 0.717) is 32.9 Å². The van der Waals surface area contributed by atoms with E-state index in [2.05, 4.69) is 6.92 Å². The monoisotopic (exact) mass is 469 g/mol. The van der Waals surface area contributed by atoms with Crippen LogP contribution in [-0.4, -0.2) is 33.7 Å². The Hall–Kier alpha value is -2.38. The first kappa shape index (κ1) is 22.8. The lowest BCUT2D eigenvalue weighted by Crippen LogP contribution is -2.39. The van der Waals surface area contributed by atoms with Crippen LogP contribution in [0.3, 0.4) is 0 Å². The molecule has 0 N–H and O–H groups in total. The number of unbranched alkanes of at least 4 members (excludes halogenated alkanes) is 1. The second kappa shape index (κ2) is 10.5. The molecule has 1 aliphatic carbocycles. The van der Waals surface area contributed by atoms with Crippen molar-refractivity contribution in [3.8, 4) is 11.3 Å². The van der Waals surface area contributed by atoms with Gasteiger partial charge < -0.3 is 9.15 Å². The summed E-state index contributed by atoms with van der Waals surface area (Å²) in [7, 11) is 0. The zero-order valence-corrected chi connectivity index (χ0v) is 19.8. The highest BCUT2D eigenvalue weighted by Gasteiger charge is 2.37. The van der Waals surface area contributed by atoms with E-state index in [9.17, 15) is 9.59 Å². The molecule has 4 rings (SSSR count). The van der Waals surface area contributed by atoms with Crippen molar-refractivity contribution >= 4 is 46.3 Å². The van der Waals surface area contributed by atoms with E-state index in [-0.39, 0.29) is 17.9 Å². The molecule has 0 radical (unpaired) electrons. The lowest BCUT2D eigenvalue weighted by Gasteiger charge is -2.29. The fraction of sp³-hybridized carbons (Fsp3) is 0.400. The Bertz CT molecular complexity index is 1020. The Kier molecular flexibility index (Phi) is 7.48. The van der Waals surface area contributed by atoms with Gasteiger partial charge in [-0.25, -0.2) is 4.79 Å². The van der Waals surface area contributed by atoms with Gasteiger partial charge in [0.1, 0.15) is 15.8 Å². The maximum absolute atomic E-state index is 13.0. The first-order valence-corrected chi connectivity index (χ1v) is 12.4. The van der Waals surface area contributed by atoms with Crippen LogP contribution >= 0.6 is 24.0 Å². The summed E-state index contributed by atoms with van der Waals surface area (Å²) in [5.74, 6) is 0.943. The summed E-state index contributed by atoms with van der Waals surface area (Å²) in [6.45, 7) is 2.49. The highest BCUT2D eigenvalue weighted by Crippen LogP contribution is 2.37. The second-order valence-electron chi connectivity index (χ2n) is 8.11. The van der Waals surface area contributed by atoms with Crippen molar-refractivity contribution in [1.82, 2.24) is 4.90 Å². The Balaban J connectivity index is 1.43. The smallest absolute Gasteiger partial charge is 0.338 e. The Labute approximate surface area is 198 Å². The summed E-state index contributed by atoms with van der Waals surface area (Å²) in [6, 6.07) is 11.1. The van der Waals surface area contributed by atoms with Gasteiger partial charge in [0.15, 0.2) is 0 Å². The Morgan fingerprint density at radius 1 is 1.19 bits per heavy atom. The number of hydrogen-bond donors (Lipinski definition) is 0. The third kappa shape index (κ3) is 5.15. The van der Waals surface area contributed by atoms with Crippen molar-refractivity contribution in [1.29, 1.82) is 0 Å². The molecule has 1 saturated carbocycles. The number of carbonyl (C=O) groups excluding carboxylic acids is 2. The minimum absolute atomic E-state index is 0.0178. The van der Waals surface area contributed by atoms with Crippen molar-refractivity contribution in [2.24, 2.45) is 0 Å². The highest BCUT2D eigenvalue weighted by atomic mass is 32.2. The van der Waals surface area contributed by atoms with Crippen LogP contribution in [0.4, 0.5) is 0 Å². The first-order valence-electron chi connectivity index (χ1n) is 11.2. The van der Waals surface area contributed by atoms with Crippen molar-refractivity contribution in [2.45, 2.75) is 57.9 Å². The summed E-state index contributed by atoms with van der Waals surface area (Å²) >= 11 is 6.84. The quantitative estimate of drug-likeness (QED) is 0.201. The molecule has 1 aliphatic heterocycles. The van der Waals surface area contributed by atoms with E-state index < -0.39 is 0 Å². The predicted molar refractivity (Wildman–Crippen MR) is 131 cm³/mol. The number of thiocarbonyl (C=S) groups is 1.